The average Bonchev–Trinajstić information content (AvgIpc) is 3.04. The summed E-state index contributed by atoms with van der Waals surface area (Å²) in [7, 11) is 1.63. The van der Waals surface area contributed by atoms with Crippen molar-refractivity contribution in [1.82, 2.24) is 10.3 Å². The van der Waals surface area contributed by atoms with Crippen molar-refractivity contribution < 1.29 is 14.3 Å². The van der Waals surface area contributed by atoms with Gasteiger partial charge in [0.1, 0.15) is 11.9 Å². The lowest BCUT2D eigenvalue weighted by molar-refractivity contribution is -0.128. The molecule has 1 aliphatic heterocycles. The maximum atomic E-state index is 12.1. The molecule has 2 N–H and O–H groups in total. The smallest absolute Gasteiger partial charge is 0.256 e. The number of para-hydroxylation sites is 1. The second kappa shape index (κ2) is 6.87. The Morgan fingerprint density at radius 3 is 3.14 bits per heavy atom. The SMILES string of the molecule is COc1ccccc1-c1csc(NC(=O)C2CNCCO2)n1. The molecule has 3 rings (SSSR count). The van der Waals surface area contributed by atoms with Crippen LogP contribution in [0.2, 0.25) is 0 Å². The van der Waals surface area contributed by atoms with Crippen LogP contribution < -0.4 is 15.4 Å². The molecule has 0 spiro atoms. The first-order chi connectivity index (χ1) is 10.8. The number of morpholine rings is 1. The molecule has 0 bridgehead atoms. The third-order valence-electron chi connectivity index (χ3n) is 3.34. The average molecular weight is 319 g/mol. The number of aromatic nitrogens is 1. The number of nitrogens with zero attached hydrogens (tertiary/aromatic N) is 1. The summed E-state index contributed by atoms with van der Waals surface area (Å²) >= 11 is 1.38. The van der Waals surface area contributed by atoms with Crippen LogP contribution in [0, 0.1) is 0 Å². The Morgan fingerprint density at radius 1 is 1.50 bits per heavy atom. The van der Waals surface area contributed by atoms with Crippen LogP contribution in [0.15, 0.2) is 29.6 Å². The molecule has 0 radical (unpaired) electrons. The van der Waals surface area contributed by atoms with Crippen LogP contribution in [0.3, 0.4) is 0 Å². The van der Waals surface area contributed by atoms with E-state index in [9.17, 15) is 4.79 Å². The summed E-state index contributed by atoms with van der Waals surface area (Å²) < 4.78 is 10.8. The highest BCUT2D eigenvalue weighted by Crippen LogP contribution is 2.31. The molecule has 116 valence electrons. The van der Waals surface area contributed by atoms with E-state index in [0.717, 1.165) is 23.6 Å². The van der Waals surface area contributed by atoms with E-state index in [1.165, 1.54) is 11.3 Å². The number of hydrogen-bond donors (Lipinski definition) is 2. The van der Waals surface area contributed by atoms with Crippen LogP contribution >= 0.6 is 11.3 Å². The van der Waals surface area contributed by atoms with Crippen LogP contribution in [0.5, 0.6) is 5.75 Å². The number of anilines is 1. The molecule has 0 aliphatic carbocycles. The molecule has 1 aromatic heterocycles. The third-order valence-corrected chi connectivity index (χ3v) is 4.10. The molecule has 1 aromatic carbocycles. The zero-order chi connectivity index (χ0) is 15.4. The lowest BCUT2D eigenvalue weighted by atomic mass is 10.1. The van der Waals surface area contributed by atoms with Gasteiger partial charge in [0.2, 0.25) is 0 Å². The fourth-order valence-electron chi connectivity index (χ4n) is 2.23. The molecule has 6 nitrogen and oxygen atoms in total. The van der Waals surface area contributed by atoms with Gasteiger partial charge in [0, 0.05) is 24.0 Å². The molecule has 2 aromatic rings. The van der Waals surface area contributed by atoms with Crippen molar-refractivity contribution in [3.63, 3.8) is 0 Å². The monoisotopic (exact) mass is 319 g/mol. The van der Waals surface area contributed by atoms with Crippen molar-refractivity contribution in [2.75, 3.05) is 32.1 Å². The maximum Gasteiger partial charge on any atom is 0.256 e. The quantitative estimate of drug-likeness (QED) is 0.898. The lowest BCUT2D eigenvalue weighted by Gasteiger charge is -2.22. The van der Waals surface area contributed by atoms with Gasteiger partial charge in [-0.1, -0.05) is 12.1 Å². The van der Waals surface area contributed by atoms with Gasteiger partial charge in [0.05, 0.1) is 19.4 Å². The Bertz CT molecular complexity index is 653. The standard InChI is InChI=1S/C15H17N3O3S/c1-20-12-5-3-2-4-10(12)11-9-22-15(17-11)18-14(19)13-8-16-6-7-21-13/h2-5,9,13,16H,6-8H2,1H3,(H,17,18,19). The van der Waals surface area contributed by atoms with E-state index in [4.69, 9.17) is 9.47 Å². The molecule has 1 amide bonds. The van der Waals surface area contributed by atoms with E-state index in [1.54, 1.807) is 7.11 Å². The van der Waals surface area contributed by atoms with Crippen molar-refractivity contribution in [3.05, 3.63) is 29.6 Å². The van der Waals surface area contributed by atoms with E-state index in [-0.39, 0.29) is 5.91 Å². The minimum Gasteiger partial charge on any atom is -0.496 e. The molecule has 2 heterocycles. The maximum absolute atomic E-state index is 12.1. The molecule has 7 heteroatoms. The fourth-order valence-corrected chi connectivity index (χ4v) is 2.94. The molecule has 1 unspecified atom stereocenters. The van der Waals surface area contributed by atoms with Gasteiger partial charge in [0.15, 0.2) is 5.13 Å². The Labute approximate surface area is 132 Å². The van der Waals surface area contributed by atoms with Gasteiger partial charge in [-0.2, -0.15) is 0 Å². The molecule has 1 fully saturated rings. The van der Waals surface area contributed by atoms with Crippen molar-refractivity contribution >= 4 is 22.4 Å². The van der Waals surface area contributed by atoms with Crippen molar-refractivity contribution in [2.45, 2.75) is 6.10 Å². The van der Waals surface area contributed by atoms with Gasteiger partial charge in [-0.3, -0.25) is 10.1 Å². The number of benzene rings is 1. The predicted molar refractivity (Wildman–Crippen MR) is 85.3 cm³/mol. The number of carbonyl (C=O) groups is 1. The highest BCUT2D eigenvalue weighted by molar-refractivity contribution is 7.14. The fraction of sp³-hybridized carbons (Fsp3) is 0.333. The van der Waals surface area contributed by atoms with Crippen LogP contribution in [0.4, 0.5) is 5.13 Å². The summed E-state index contributed by atoms with van der Waals surface area (Å²) in [5.41, 5.74) is 1.68. The van der Waals surface area contributed by atoms with Gasteiger partial charge in [-0.25, -0.2) is 4.98 Å². The molecule has 0 saturated carbocycles. The highest BCUT2D eigenvalue weighted by atomic mass is 32.1. The number of hydrogen-bond acceptors (Lipinski definition) is 6. The Kier molecular flexibility index (Phi) is 4.67. The Balaban J connectivity index is 1.72. The van der Waals surface area contributed by atoms with E-state index in [0.29, 0.717) is 18.3 Å². The normalized spacial score (nSPS) is 18.0. The summed E-state index contributed by atoms with van der Waals surface area (Å²) in [5.74, 6) is 0.582. The molecule has 1 saturated heterocycles. The summed E-state index contributed by atoms with van der Waals surface area (Å²) in [5, 5.41) is 8.38. The van der Waals surface area contributed by atoms with Crippen LogP contribution in [0.25, 0.3) is 11.3 Å². The van der Waals surface area contributed by atoms with Crippen molar-refractivity contribution in [3.8, 4) is 17.0 Å². The predicted octanol–water partition coefficient (Wildman–Crippen LogP) is 1.75. The summed E-state index contributed by atoms with van der Waals surface area (Å²) in [6.45, 7) is 1.85. The van der Waals surface area contributed by atoms with E-state index in [2.05, 4.69) is 15.6 Å². The minimum atomic E-state index is -0.465. The van der Waals surface area contributed by atoms with Gasteiger partial charge >= 0.3 is 0 Å². The second-order valence-corrected chi connectivity index (χ2v) is 5.65. The minimum absolute atomic E-state index is 0.173. The topological polar surface area (TPSA) is 72.5 Å². The van der Waals surface area contributed by atoms with E-state index in [1.807, 2.05) is 29.6 Å². The van der Waals surface area contributed by atoms with Gasteiger partial charge < -0.3 is 14.8 Å². The van der Waals surface area contributed by atoms with Crippen molar-refractivity contribution in [1.29, 1.82) is 0 Å². The molecular formula is C15H17N3O3S. The van der Waals surface area contributed by atoms with Crippen LogP contribution in [-0.4, -0.2) is 43.8 Å². The first-order valence-corrected chi connectivity index (χ1v) is 7.88. The van der Waals surface area contributed by atoms with Crippen LogP contribution in [-0.2, 0) is 9.53 Å². The number of carbonyl (C=O) groups excluding carboxylic acids is 1. The van der Waals surface area contributed by atoms with Gasteiger partial charge in [0.25, 0.3) is 5.91 Å². The number of methoxy groups -OCH3 is 1. The number of nitrogens with one attached hydrogen (secondary N) is 2. The lowest BCUT2D eigenvalue weighted by Crippen LogP contribution is -2.45. The molecule has 1 atom stereocenters. The summed E-state index contributed by atoms with van der Waals surface area (Å²) in [4.78, 5) is 16.6. The largest absolute Gasteiger partial charge is 0.496 e. The van der Waals surface area contributed by atoms with E-state index >= 15 is 0 Å². The first kappa shape index (κ1) is 15.0. The second-order valence-electron chi connectivity index (χ2n) is 4.79. The van der Waals surface area contributed by atoms with Gasteiger partial charge in [-0.05, 0) is 12.1 Å². The summed E-state index contributed by atoms with van der Waals surface area (Å²) in [6.07, 6.45) is -0.465. The van der Waals surface area contributed by atoms with Crippen molar-refractivity contribution in [2.24, 2.45) is 0 Å². The zero-order valence-electron chi connectivity index (χ0n) is 12.2. The number of amides is 1. The Morgan fingerprint density at radius 2 is 2.36 bits per heavy atom. The van der Waals surface area contributed by atoms with Crippen LogP contribution in [0.1, 0.15) is 0 Å². The highest BCUT2D eigenvalue weighted by Gasteiger charge is 2.22. The third kappa shape index (κ3) is 3.27. The number of ether oxygens (including phenoxy) is 2. The zero-order valence-corrected chi connectivity index (χ0v) is 13.0. The van der Waals surface area contributed by atoms with Gasteiger partial charge in [-0.15, -0.1) is 11.3 Å². The number of rotatable bonds is 4. The molecule has 22 heavy (non-hydrogen) atoms. The van der Waals surface area contributed by atoms with E-state index < -0.39 is 6.10 Å². The molecule has 1 aliphatic rings. The Hall–Kier alpha value is -1.96. The first-order valence-electron chi connectivity index (χ1n) is 7.00. The number of thiazole rings is 1. The molecular weight excluding hydrogens is 302 g/mol. The summed E-state index contributed by atoms with van der Waals surface area (Å²) in [6, 6.07) is 7.66.